The van der Waals surface area contributed by atoms with Crippen molar-refractivity contribution in [2.45, 2.75) is 26.7 Å². The first kappa shape index (κ1) is 8.49. The summed E-state index contributed by atoms with van der Waals surface area (Å²) in [6, 6.07) is 4.21. The Morgan fingerprint density at radius 2 is 2.31 bits per heavy atom. The van der Waals surface area contributed by atoms with Crippen LogP contribution in [0.1, 0.15) is 31.0 Å². The summed E-state index contributed by atoms with van der Waals surface area (Å²) in [5.74, 6) is 0.734. The maximum atomic E-state index is 4.39. The van der Waals surface area contributed by atoms with Gasteiger partial charge in [0.2, 0.25) is 0 Å². The summed E-state index contributed by atoms with van der Waals surface area (Å²) in [5, 5.41) is 0. The van der Waals surface area contributed by atoms with Crippen LogP contribution in [0.3, 0.4) is 0 Å². The summed E-state index contributed by atoms with van der Waals surface area (Å²) in [5.41, 5.74) is 3.89. The zero-order valence-electron chi connectivity index (χ0n) is 8.25. The van der Waals surface area contributed by atoms with Crippen molar-refractivity contribution in [1.82, 2.24) is 4.98 Å². The van der Waals surface area contributed by atoms with Crippen molar-refractivity contribution in [3.8, 4) is 0 Å². The minimum atomic E-state index is 0.734. The topological polar surface area (TPSA) is 12.9 Å². The average molecular weight is 173 g/mol. The molecule has 0 amide bonds. The molecule has 1 aliphatic rings. The molecule has 0 aromatic carbocycles. The Labute approximate surface area is 79.5 Å². The van der Waals surface area contributed by atoms with Crippen LogP contribution in [0.15, 0.2) is 24.4 Å². The first-order valence-corrected chi connectivity index (χ1v) is 4.89. The monoisotopic (exact) mass is 173 g/mol. The second kappa shape index (κ2) is 3.33. The molecule has 0 spiro atoms. The lowest BCUT2D eigenvalue weighted by molar-refractivity contribution is 0.703. The van der Waals surface area contributed by atoms with E-state index in [1.165, 1.54) is 29.7 Å². The van der Waals surface area contributed by atoms with Gasteiger partial charge >= 0.3 is 0 Å². The van der Waals surface area contributed by atoms with Crippen LogP contribution in [0.2, 0.25) is 0 Å². The highest BCUT2D eigenvalue weighted by Crippen LogP contribution is 2.30. The minimum absolute atomic E-state index is 0.734. The fourth-order valence-electron chi connectivity index (χ4n) is 1.82. The maximum absolute atomic E-state index is 4.39. The lowest BCUT2D eigenvalue weighted by Gasteiger charge is -2.00. The van der Waals surface area contributed by atoms with Gasteiger partial charge in [0.15, 0.2) is 0 Å². The maximum Gasteiger partial charge on any atom is 0.0661 e. The molecule has 1 atom stereocenters. The Morgan fingerprint density at radius 3 is 2.92 bits per heavy atom. The van der Waals surface area contributed by atoms with E-state index in [2.05, 4.69) is 31.0 Å². The van der Waals surface area contributed by atoms with Crippen LogP contribution in [0, 0.1) is 12.8 Å². The molecule has 0 N–H and O–H groups in total. The van der Waals surface area contributed by atoms with E-state index < -0.39 is 0 Å². The molecule has 1 aliphatic carbocycles. The van der Waals surface area contributed by atoms with Crippen LogP contribution in [-0.4, -0.2) is 4.98 Å². The molecular formula is C12H15N. The van der Waals surface area contributed by atoms with E-state index in [-0.39, 0.29) is 0 Å². The predicted octanol–water partition coefficient (Wildman–Crippen LogP) is 3.20. The largest absolute Gasteiger partial charge is 0.257 e. The predicted molar refractivity (Wildman–Crippen MR) is 55.3 cm³/mol. The molecule has 1 aromatic rings. The Morgan fingerprint density at radius 1 is 1.46 bits per heavy atom. The van der Waals surface area contributed by atoms with Gasteiger partial charge < -0.3 is 0 Å². The van der Waals surface area contributed by atoms with Gasteiger partial charge in [-0.15, -0.1) is 0 Å². The number of aryl methyl sites for hydroxylation is 1. The lowest BCUT2D eigenvalue weighted by atomic mass is 10.1. The van der Waals surface area contributed by atoms with Crippen LogP contribution in [0.4, 0.5) is 0 Å². The van der Waals surface area contributed by atoms with Crippen LogP contribution in [-0.2, 0) is 0 Å². The van der Waals surface area contributed by atoms with E-state index in [0.717, 1.165) is 5.92 Å². The van der Waals surface area contributed by atoms with Crippen molar-refractivity contribution in [1.29, 1.82) is 0 Å². The van der Waals surface area contributed by atoms with Gasteiger partial charge in [0.1, 0.15) is 0 Å². The molecule has 13 heavy (non-hydrogen) atoms. The van der Waals surface area contributed by atoms with Crippen LogP contribution < -0.4 is 0 Å². The molecule has 1 nitrogen and oxygen atoms in total. The molecule has 0 saturated heterocycles. The lowest BCUT2D eigenvalue weighted by Crippen LogP contribution is -1.86. The van der Waals surface area contributed by atoms with Gasteiger partial charge in [-0.05, 0) is 49.0 Å². The highest BCUT2D eigenvalue weighted by molar-refractivity contribution is 5.65. The van der Waals surface area contributed by atoms with E-state index in [9.17, 15) is 0 Å². The van der Waals surface area contributed by atoms with Crippen molar-refractivity contribution < 1.29 is 0 Å². The van der Waals surface area contributed by atoms with Gasteiger partial charge in [-0.25, -0.2) is 0 Å². The molecule has 0 aliphatic heterocycles. The van der Waals surface area contributed by atoms with Crippen LogP contribution >= 0.6 is 0 Å². The molecule has 68 valence electrons. The average Bonchev–Trinajstić information content (AvgIpc) is 2.52. The first-order chi connectivity index (χ1) is 6.25. The molecule has 1 heterocycles. The molecule has 1 heteroatoms. The SMILES string of the molecule is Cc1ccnc(C2=CC(C)CC2)c1. The number of nitrogens with zero attached hydrogens (tertiary/aromatic N) is 1. The molecule has 2 rings (SSSR count). The quantitative estimate of drug-likeness (QED) is 0.635. The Kier molecular flexibility index (Phi) is 2.17. The van der Waals surface area contributed by atoms with E-state index in [0.29, 0.717) is 0 Å². The summed E-state index contributed by atoms with van der Waals surface area (Å²) in [4.78, 5) is 4.39. The Hall–Kier alpha value is -1.11. The number of pyridine rings is 1. The van der Waals surface area contributed by atoms with E-state index in [1.807, 2.05) is 12.3 Å². The summed E-state index contributed by atoms with van der Waals surface area (Å²) >= 11 is 0. The highest BCUT2D eigenvalue weighted by atomic mass is 14.7. The van der Waals surface area contributed by atoms with E-state index >= 15 is 0 Å². The van der Waals surface area contributed by atoms with Gasteiger partial charge in [-0.3, -0.25) is 4.98 Å². The third kappa shape index (κ3) is 1.80. The molecule has 1 aromatic heterocycles. The number of aromatic nitrogens is 1. The Bertz CT molecular complexity index is 339. The second-order valence-corrected chi connectivity index (χ2v) is 3.93. The third-order valence-electron chi connectivity index (χ3n) is 2.60. The van der Waals surface area contributed by atoms with Gasteiger partial charge in [0, 0.05) is 6.20 Å². The molecular weight excluding hydrogens is 158 g/mol. The van der Waals surface area contributed by atoms with Crippen molar-refractivity contribution >= 4 is 5.57 Å². The van der Waals surface area contributed by atoms with Crippen molar-refractivity contribution in [3.63, 3.8) is 0 Å². The second-order valence-electron chi connectivity index (χ2n) is 3.93. The standard InChI is InChI=1S/C12H15N/c1-9-3-4-11(7-9)12-8-10(2)5-6-13-12/h5-9H,3-4H2,1-2H3. The molecule has 0 radical (unpaired) electrons. The number of rotatable bonds is 1. The summed E-state index contributed by atoms with van der Waals surface area (Å²) in [6.45, 7) is 4.38. The van der Waals surface area contributed by atoms with Crippen molar-refractivity contribution in [3.05, 3.63) is 35.7 Å². The fraction of sp³-hybridized carbons (Fsp3) is 0.417. The zero-order valence-corrected chi connectivity index (χ0v) is 8.25. The smallest absolute Gasteiger partial charge is 0.0661 e. The van der Waals surface area contributed by atoms with Crippen molar-refractivity contribution in [2.75, 3.05) is 0 Å². The first-order valence-electron chi connectivity index (χ1n) is 4.89. The third-order valence-corrected chi connectivity index (χ3v) is 2.60. The van der Waals surface area contributed by atoms with E-state index in [4.69, 9.17) is 0 Å². The van der Waals surface area contributed by atoms with Gasteiger partial charge in [0.05, 0.1) is 5.69 Å². The fourth-order valence-corrected chi connectivity index (χ4v) is 1.82. The van der Waals surface area contributed by atoms with Gasteiger partial charge in [-0.2, -0.15) is 0 Å². The number of allylic oxidation sites excluding steroid dienone is 2. The van der Waals surface area contributed by atoms with Crippen molar-refractivity contribution in [2.24, 2.45) is 5.92 Å². The Balaban J connectivity index is 2.31. The summed E-state index contributed by atoms with van der Waals surface area (Å²) in [6.07, 6.45) is 6.72. The molecule has 0 fully saturated rings. The van der Waals surface area contributed by atoms with Gasteiger partial charge in [-0.1, -0.05) is 13.0 Å². The minimum Gasteiger partial charge on any atom is -0.257 e. The number of hydrogen-bond donors (Lipinski definition) is 0. The molecule has 0 bridgehead atoms. The van der Waals surface area contributed by atoms with Crippen LogP contribution in [0.5, 0.6) is 0 Å². The van der Waals surface area contributed by atoms with E-state index in [1.54, 1.807) is 0 Å². The number of hydrogen-bond acceptors (Lipinski definition) is 1. The van der Waals surface area contributed by atoms with Crippen LogP contribution in [0.25, 0.3) is 5.57 Å². The molecule has 0 saturated carbocycles. The zero-order chi connectivity index (χ0) is 9.26. The summed E-state index contributed by atoms with van der Waals surface area (Å²) < 4.78 is 0. The van der Waals surface area contributed by atoms with Gasteiger partial charge in [0.25, 0.3) is 0 Å². The normalized spacial score (nSPS) is 21.7. The summed E-state index contributed by atoms with van der Waals surface area (Å²) in [7, 11) is 0. The molecule has 1 unspecified atom stereocenters. The highest BCUT2D eigenvalue weighted by Gasteiger charge is 2.13.